The minimum Gasteiger partial charge on any atom is -0.399 e. The lowest BCUT2D eigenvalue weighted by atomic mass is 9.42. The van der Waals surface area contributed by atoms with Gasteiger partial charge in [0.25, 0.3) is 0 Å². The summed E-state index contributed by atoms with van der Waals surface area (Å²) in [6.45, 7) is 24.2. The zero-order valence-electron chi connectivity index (χ0n) is 29.7. The van der Waals surface area contributed by atoms with Gasteiger partial charge in [-0.25, -0.2) is 0 Å². The van der Waals surface area contributed by atoms with Crippen LogP contribution in [0.25, 0.3) is 0 Å². The summed E-state index contributed by atoms with van der Waals surface area (Å²) in [5, 5.41) is 0. The van der Waals surface area contributed by atoms with Crippen molar-refractivity contribution in [3.63, 3.8) is 0 Å². The van der Waals surface area contributed by atoms with Crippen molar-refractivity contribution in [2.75, 3.05) is 0 Å². The molecular formula is C40H65BO2. The SMILES string of the molecule is CC(C)CCC[C@@H](C)[C@@]1(C)CC[C@H]2C3CC[C@H]4CC(c5ccc(B6OC(C)(C)C(C)(C)O6)cc5)CCC4(C)C3CCC21C. The fraction of sp³-hybridized carbons (Fsp3) is 0.850. The number of rotatable bonds is 7. The summed E-state index contributed by atoms with van der Waals surface area (Å²) in [7, 11) is -0.263. The van der Waals surface area contributed by atoms with Crippen LogP contribution in [-0.2, 0) is 9.31 Å². The quantitative estimate of drug-likeness (QED) is 0.295. The normalized spacial score (nSPS) is 42.4. The second-order valence-electron chi connectivity index (χ2n) is 18.5. The number of fused-ring (bicyclic) bond motifs is 5. The van der Waals surface area contributed by atoms with E-state index in [4.69, 9.17) is 9.31 Å². The molecule has 6 rings (SSSR count). The standard InChI is InChI=1S/C40H65BO2/c1-27(2)12-11-13-28(3)39(9)24-22-35-33-19-16-31-26-30(20-23-38(31,8)34(33)21-25-40(35,39)10)29-14-17-32(18-15-29)41-42-36(4,5)37(6,7)43-41/h14-15,17-18,27-28,30-31,33-35H,11-13,16,19-26H2,1-10H3/t28-,30?,31+,33?,34?,35+,38?,39-,40?/m1/s1. The molecule has 5 unspecified atom stereocenters. The lowest BCUT2D eigenvalue weighted by Crippen LogP contribution is -2.55. The third kappa shape index (κ3) is 5.21. The molecule has 4 aliphatic carbocycles. The molecule has 9 atom stereocenters. The molecule has 0 aromatic heterocycles. The van der Waals surface area contributed by atoms with Crippen molar-refractivity contribution in [1.82, 2.24) is 0 Å². The number of hydrogen-bond acceptors (Lipinski definition) is 2. The van der Waals surface area contributed by atoms with Crippen molar-refractivity contribution in [1.29, 1.82) is 0 Å². The second-order valence-corrected chi connectivity index (χ2v) is 18.5. The van der Waals surface area contributed by atoms with Crippen LogP contribution in [0.3, 0.4) is 0 Å². The van der Waals surface area contributed by atoms with Crippen molar-refractivity contribution in [3.05, 3.63) is 29.8 Å². The summed E-state index contributed by atoms with van der Waals surface area (Å²) in [5.41, 5.74) is 3.74. The van der Waals surface area contributed by atoms with Crippen molar-refractivity contribution >= 4 is 12.6 Å². The molecule has 0 radical (unpaired) electrons. The van der Waals surface area contributed by atoms with Crippen LogP contribution in [0.1, 0.15) is 158 Å². The Labute approximate surface area is 266 Å². The molecule has 5 fully saturated rings. The van der Waals surface area contributed by atoms with Crippen LogP contribution in [0.2, 0.25) is 0 Å². The smallest absolute Gasteiger partial charge is 0.399 e. The van der Waals surface area contributed by atoms with Gasteiger partial charge in [0.05, 0.1) is 11.2 Å². The van der Waals surface area contributed by atoms with E-state index in [0.29, 0.717) is 22.2 Å². The van der Waals surface area contributed by atoms with Gasteiger partial charge >= 0.3 is 7.12 Å². The first-order valence-corrected chi connectivity index (χ1v) is 18.6. The number of hydrogen-bond donors (Lipinski definition) is 0. The lowest BCUT2D eigenvalue weighted by molar-refractivity contribution is -0.133. The Balaban J connectivity index is 1.11. The van der Waals surface area contributed by atoms with Crippen LogP contribution in [0.5, 0.6) is 0 Å². The second kappa shape index (κ2) is 11.2. The van der Waals surface area contributed by atoms with Gasteiger partial charge in [0.1, 0.15) is 0 Å². The van der Waals surface area contributed by atoms with E-state index in [1.165, 1.54) is 77.0 Å². The van der Waals surface area contributed by atoms with Crippen LogP contribution < -0.4 is 5.46 Å². The summed E-state index contributed by atoms with van der Waals surface area (Å²) in [4.78, 5) is 0. The molecule has 1 aromatic rings. The Kier molecular flexibility index (Phi) is 8.36. The molecule has 1 aliphatic heterocycles. The largest absolute Gasteiger partial charge is 0.494 e. The molecule has 43 heavy (non-hydrogen) atoms. The highest BCUT2D eigenvalue weighted by Crippen LogP contribution is 2.72. The van der Waals surface area contributed by atoms with E-state index in [1.54, 1.807) is 5.56 Å². The van der Waals surface area contributed by atoms with E-state index in [9.17, 15) is 0 Å². The zero-order chi connectivity index (χ0) is 31.0. The van der Waals surface area contributed by atoms with Gasteiger partial charge in [0, 0.05) is 0 Å². The van der Waals surface area contributed by atoms with Gasteiger partial charge < -0.3 is 9.31 Å². The summed E-state index contributed by atoms with van der Waals surface area (Å²) >= 11 is 0. The number of benzene rings is 1. The van der Waals surface area contributed by atoms with Gasteiger partial charge in [0.15, 0.2) is 0 Å². The highest BCUT2D eigenvalue weighted by atomic mass is 16.7. The fourth-order valence-corrected chi connectivity index (χ4v) is 11.7. The first kappa shape index (κ1) is 32.2. The van der Waals surface area contributed by atoms with Crippen LogP contribution in [-0.4, -0.2) is 18.3 Å². The average molecular weight is 589 g/mol. The molecule has 0 spiro atoms. The molecule has 1 heterocycles. The molecular weight excluding hydrogens is 523 g/mol. The highest BCUT2D eigenvalue weighted by Gasteiger charge is 2.64. The van der Waals surface area contributed by atoms with Gasteiger partial charge in [0.2, 0.25) is 0 Å². The van der Waals surface area contributed by atoms with Crippen LogP contribution in [0.4, 0.5) is 0 Å². The maximum absolute atomic E-state index is 6.34. The monoisotopic (exact) mass is 589 g/mol. The molecule has 0 bridgehead atoms. The molecule has 0 amide bonds. The average Bonchev–Trinajstić information content (AvgIpc) is 3.35. The molecule has 1 aromatic carbocycles. The van der Waals surface area contributed by atoms with E-state index in [-0.39, 0.29) is 18.3 Å². The maximum atomic E-state index is 6.34. The van der Waals surface area contributed by atoms with Crippen molar-refractivity contribution < 1.29 is 9.31 Å². The van der Waals surface area contributed by atoms with Gasteiger partial charge in [-0.1, -0.05) is 85.1 Å². The van der Waals surface area contributed by atoms with Crippen molar-refractivity contribution in [2.45, 2.75) is 163 Å². The zero-order valence-corrected chi connectivity index (χ0v) is 29.7. The van der Waals surface area contributed by atoms with E-state index in [0.717, 1.165) is 41.0 Å². The Morgan fingerprint density at radius 3 is 2.05 bits per heavy atom. The Hall–Kier alpha value is -0.795. The first-order chi connectivity index (χ1) is 20.1. The molecule has 4 saturated carbocycles. The maximum Gasteiger partial charge on any atom is 0.494 e. The molecule has 240 valence electrons. The van der Waals surface area contributed by atoms with Crippen LogP contribution >= 0.6 is 0 Å². The van der Waals surface area contributed by atoms with Gasteiger partial charge in [-0.05, 0) is 154 Å². The molecule has 1 saturated heterocycles. The Morgan fingerprint density at radius 1 is 0.744 bits per heavy atom. The van der Waals surface area contributed by atoms with E-state index in [2.05, 4.69) is 93.5 Å². The van der Waals surface area contributed by atoms with Gasteiger partial charge in [-0.3, -0.25) is 0 Å². The van der Waals surface area contributed by atoms with Crippen molar-refractivity contribution in [3.8, 4) is 0 Å². The molecule has 2 nitrogen and oxygen atoms in total. The summed E-state index contributed by atoms with van der Waals surface area (Å²) < 4.78 is 12.7. The van der Waals surface area contributed by atoms with E-state index >= 15 is 0 Å². The lowest BCUT2D eigenvalue weighted by Gasteiger charge is -2.63. The summed E-state index contributed by atoms with van der Waals surface area (Å²) in [6.07, 6.45) is 17.3. The Morgan fingerprint density at radius 2 is 1.40 bits per heavy atom. The van der Waals surface area contributed by atoms with Crippen LogP contribution in [0, 0.1) is 51.8 Å². The van der Waals surface area contributed by atoms with Crippen LogP contribution in [0.15, 0.2) is 24.3 Å². The predicted molar refractivity (Wildman–Crippen MR) is 183 cm³/mol. The third-order valence-corrected chi connectivity index (χ3v) is 15.8. The minimum absolute atomic E-state index is 0.263. The highest BCUT2D eigenvalue weighted by molar-refractivity contribution is 6.62. The first-order valence-electron chi connectivity index (χ1n) is 18.6. The summed E-state index contributed by atoms with van der Waals surface area (Å²) in [6, 6.07) is 9.36. The molecule has 3 heteroatoms. The Bertz CT molecular complexity index is 1120. The minimum atomic E-state index is -0.289. The molecule has 0 N–H and O–H groups in total. The van der Waals surface area contributed by atoms with E-state index < -0.39 is 0 Å². The third-order valence-electron chi connectivity index (χ3n) is 15.8. The van der Waals surface area contributed by atoms with Gasteiger partial charge in [-0.2, -0.15) is 0 Å². The van der Waals surface area contributed by atoms with E-state index in [1.807, 2.05) is 0 Å². The van der Waals surface area contributed by atoms with Crippen molar-refractivity contribution in [2.24, 2.45) is 51.8 Å². The topological polar surface area (TPSA) is 18.5 Å². The predicted octanol–water partition coefficient (Wildman–Crippen LogP) is 10.6. The van der Waals surface area contributed by atoms with Gasteiger partial charge in [-0.15, -0.1) is 0 Å². The summed E-state index contributed by atoms with van der Waals surface area (Å²) in [5.74, 6) is 6.18. The fourth-order valence-electron chi connectivity index (χ4n) is 11.7. The molecule has 5 aliphatic rings.